The number of fused-ring (bicyclic) bond motifs is 1. The van der Waals surface area contributed by atoms with Gasteiger partial charge in [0.25, 0.3) is 0 Å². The van der Waals surface area contributed by atoms with Crippen molar-refractivity contribution in [1.82, 2.24) is 19.5 Å². The minimum atomic E-state index is -5.37. The summed E-state index contributed by atoms with van der Waals surface area (Å²) in [4.78, 5) is 43.7. The number of carbonyl (C=O) groups is 1. The molecular weight excluding hydrogens is 612 g/mol. The second-order valence-electron chi connectivity index (χ2n) is 9.35. The largest absolute Gasteiger partial charge is 0.481 e. The van der Waals surface area contributed by atoms with Crippen LogP contribution in [0.4, 0.5) is 5.82 Å². The van der Waals surface area contributed by atoms with Gasteiger partial charge in [-0.15, -0.1) is 0 Å². The third-order valence-electron chi connectivity index (χ3n) is 6.32. The van der Waals surface area contributed by atoms with Gasteiger partial charge in [0.1, 0.15) is 42.4 Å². The summed E-state index contributed by atoms with van der Waals surface area (Å²) in [6.07, 6.45) is -8.81. The summed E-state index contributed by atoms with van der Waals surface area (Å²) in [5, 5.41) is 40.6. The molecule has 0 bridgehead atoms. The third kappa shape index (κ3) is 7.48. The zero-order valence-corrected chi connectivity index (χ0v) is 23.7. The highest BCUT2D eigenvalue weighted by molar-refractivity contribution is 7.61. The number of unbranched alkanes of at least 4 members (excludes halogenated alkanes) is 1. The first-order valence-electron chi connectivity index (χ1n) is 12.5. The van der Waals surface area contributed by atoms with Crippen molar-refractivity contribution in [1.29, 1.82) is 0 Å². The van der Waals surface area contributed by atoms with E-state index in [4.69, 9.17) is 19.9 Å². The Labute approximate surface area is 237 Å². The van der Waals surface area contributed by atoms with Gasteiger partial charge < -0.3 is 50.2 Å². The fourth-order valence-corrected chi connectivity index (χ4v) is 6.29. The number of aliphatic hydroxyl groups is 4. The van der Waals surface area contributed by atoms with Crippen LogP contribution in [0.5, 0.6) is 0 Å². The van der Waals surface area contributed by atoms with Gasteiger partial charge in [0.15, 0.2) is 30.1 Å². The highest BCUT2D eigenvalue weighted by atomic mass is 31.3. The molecule has 2 aromatic heterocycles. The van der Waals surface area contributed by atoms with Crippen LogP contribution < -0.4 is 5.73 Å². The van der Waals surface area contributed by atoms with Crippen molar-refractivity contribution in [2.45, 2.75) is 75.3 Å². The van der Waals surface area contributed by atoms with Gasteiger partial charge in [0, 0.05) is 6.42 Å². The topological polar surface area (TPSA) is 298 Å². The standard InChI is InChI=1S/C20H31N5O15P2/c1-2-3-4-11(26)39-16-10(38-20(30)15(16)29)6-36-42(33,34)40-41(31,32)35-5-9-13(27)14(28)19(37-9)25-8-24-12-17(21)22-7-23-18(12)25/h7-10,13-16,19-20,27-30H,2-6H2,1H3,(H,31,32)(H,33,34)(H2,21,22,23)/t9-,10-,13-,14-,15-,16-,19-,20?/m1/s1. The number of ether oxygens (including phenoxy) is 3. The number of phosphoric acid groups is 2. The van der Waals surface area contributed by atoms with Gasteiger partial charge in [-0.05, 0) is 6.42 Å². The number of nitrogens with two attached hydrogens (primary N) is 1. The zero-order valence-electron chi connectivity index (χ0n) is 21.9. The van der Waals surface area contributed by atoms with Crippen molar-refractivity contribution in [2.75, 3.05) is 18.9 Å². The van der Waals surface area contributed by atoms with E-state index in [0.29, 0.717) is 12.8 Å². The number of nitrogens with zero attached hydrogens (tertiary/aromatic N) is 4. The van der Waals surface area contributed by atoms with E-state index in [0.717, 1.165) is 6.33 Å². The third-order valence-corrected chi connectivity index (χ3v) is 8.92. The Bertz CT molecular complexity index is 1350. The van der Waals surface area contributed by atoms with E-state index < -0.39 is 84.0 Å². The van der Waals surface area contributed by atoms with E-state index in [1.54, 1.807) is 0 Å². The van der Waals surface area contributed by atoms with Crippen LogP contribution in [-0.2, 0) is 41.5 Å². The second-order valence-corrected chi connectivity index (χ2v) is 12.4. The lowest BCUT2D eigenvalue weighted by atomic mass is 10.1. The smallest absolute Gasteiger partial charge is 0.456 e. The summed E-state index contributed by atoms with van der Waals surface area (Å²) in [6, 6.07) is 0. The quantitative estimate of drug-likeness (QED) is 0.0960. The normalized spacial score (nSPS) is 32.5. The molecule has 10 atom stereocenters. The van der Waals surface area contributed by atoms with Crippen LogP contribution in [0.3, 0.4) is 0 Å². The first kappa shape index (κ1) is 32.7. The summed E-state index contributed by atoms with van der Waals surface area (Å²) in [5.74, 6) is -0.668. The molecule has 2 saturated heterocycles. The Morgan fingerprint density at radius 1 is 1.00 bits per heavy atom. The number of esters is 1. The molecular formula is C20H31N5O15P2. The van der Waals surface area contributed by atoms with Crippen molar-refractivity contribution < 1.29 is 71.7 Å². The lowest BCUT2D eigenvalue weighted by Gasteiger charge is -2.22. The van der Waals surface area contributed by atoms with Gasteiger partial charge >= 0.3 is 21.6 Å². The molecule has 42 heavy (non-hydrogen) atoms. The van der Waals surface area contributed by atoms with Crippen LogP contribution in [-0.4, -0.2) is 112 Å². The Balaban J connectivity index is 1.32. The second kappa shape index (κ2) is 13.2. The molecule has 236 valence electrons. The zero-order chi connectivity index (χ0) is 30.8. The Morgan fingerprint density at radius 3 is 2.33 bits per heavy atom. The summed E-state index contributed by atoms with van der Waals surface area (Å²) in [7, 11) is -10.7. The summed E-state index contributed by atoms with van der Waals surface area (Å²) in [6.45, 7) is 0.0212. The maximum absolute atomic E-state index is 12.4. The number of carbonyl (C=O) groups excluding carboxylic acids is 1. The summed E-state index contributed by atoms with van der Waals surface area (Å²) >= 11 is 0. The number of hydrogen-bond donors (Lipinski definition) is 7. The highest BCUT2D eigenvalue weighted by Gasteiger charge is 2.48. The molecule has 2 aliphatic heterocycles. The molecule has 0 aliphatic carbocycles. The summed E-state index contributed by atoms with van der Waals surface area (Å²) < 4.78 is 55.2. The molecule has 0 amide bonds. The van der Waals surface area contributed by atoms with Crippen LogP contribution >= 0.6 is 15.6 Å². The number of hydrogen-bond acceptors (Lipinski definition) is 17. The number of rotatable bonds is 13. The minimum Gasteiger partial charge on any atom is -0.456 e. The molecule has 0 saturated carbocycles. The van der Waals surface area contributed by atoms with E-state index in [-0.39, 0.29) is 23.4 Å². The average Bonchev–Trinajstić information content (AvgIpc) is 3.55. The first-order chi connectivity index (χ1) is 19.7. The molecule has 2 aliphatic rings. The number of nitrogen functional groups attached to an aromatic ring is 1. The highest BCUT2D eigenvalue weighted by Crippen LogP contribution is 2.60. The lowest BCUT2D eigenvalue weighted by Crippen LogP contribution is -2.38. The number of aromatic nitrogens is 4. The maximum atomic E-state index is 12.4. The number of imidazole rings is 1. The van der Waals surface area contributed by atoms with Gasteiger partial charge in [0.05, 0.1) is 19.5 Å². The number of phosphoric ester groups is 2. The van der Waals surface area contributed by atoms with Crippen molar-refractivity contribution in [3.05, 3.63) is 12.7 Å². The van der Waals surface area contributed by atoms with Gasteiger partial charge in [-0.25, -0.2) is 24.1 Å². The average molecular weight is 643 g/mol. The molecule has 3 unspecified atom stereocenters. The fraction of sp³-hybridized carbons (Fsp3) is 0.700. The molecule has 0 spiro atoms. The Hall–Kier alpha value is -2.16. The molecule has 4 rings (SSSR count). The molecule has 0 aromatic carbocycles. The van der Waals surface area contributed by atoms with Crippen molar-refractivity contribution in [2.24, 2.45) is 0 Å². The van der Waals surface area contributed by atoms with Crippen molar-refractivity contribution in [3.8, 4) is 0 Å². The van der Waals surface area contributed by atoms with Gasteiger partial charge in [-0.1, -0.05) is 13.3 Å². The van der Waals surface area contributed by atoms with E-state index in [9.17, 15) is 44.1 Å². The fourth-order valence-electron chi connectivity index (χ4n) is 4.20. The van der Waals surface area contributed by atoms with Gasteiger partial charge in [0.2, 0.25) is 0 Å². The molecule has 20 nitrogen and oxygen atoms in total. The van der Waals surface area contributed by atoms with Crippen LogP contribution in [0.15, 0.2) is 12.7 Å². The molecule has 2 aromatic rings. The maximum Gasteiger partial charge on any atom is 0.481 e. The van der Waals surface area contributed by atoms with Crippen molar-refractivity contribution >= 4 is 38.6 Å². The Kier molecular flexibility index (Phi) is 10.3. The minimum absolute atomic E-state index is 0.00905. The van der Waals surface area contributed by atoms with Crippen LogP contribution in [0, 0.1) is 0 Å². The number of anilines is 1. The Morgan fingerprint density at radius 2 is 1.67 bits per heavy atom. The monoisotopic (exact) mass is 643 g/mol. The molecule has 0 radical (unpaired) electrons. The van der Waals surface area contributed by atoms with E-state index in [2.05, 4.69) is 28.3 Å². The van der Waals surface area contributed by atoms with Crippen molar-refractivity contribution in [3.63, 3.8) is 0 Å². The van der Waals surface area contributed by atoms with Crippen LogP contribution in [0.2, 0.25) is 0 Å². The predicted molar refractivity (Wildman–Crippen MR) is 135 cm³/mol. The molecule has 22 heteroatoms. The van der Waals surface area contributed by atoms with E-state index >= 15 is 0 Å². The van der Waals surface area contributed by atoms with E-state index in [1.165, 1.54) is 10.9 Å². The van der Waals surface area contributed by atoms with Gasteiger partial charge in [-0.3, -0.25) is 18.4 Å². The van der Waals surface area contributed by atoms with E-state index in [1.807, 2.05) is 6.92 Å². The first-order valence-corrected chi connectivity index (χ1v) is 15.5. The molecule has 8 N–H and O–H groups in total. The predicted octanol–water partition coefficient (Wildman–Crippen LogP) is -1.54. The SMILES string of the molecule is CCCCC(=O)O[C@@H]1[C@@H](COP(=O)(O)OP(=O)(O)OC[C@H]2O[C@@H](n3cnc4c(N)ncnc43)[C@H](O)[C@@H]2O)OC(O)[C@@H]1O. The summed E-state index contributed by atoms with van der Waals surface area (Å²) in [5.41, 5.74) is 6.10. The number of aliphatic hydroxyl groups excluding tert-OH is 4. The lowest BCUT2D eigenvalue weighted by molar-refractivity contribution is -0.156. The molecule has 2 fully saturated rings. The van der Waals surface area contributed by atoms with Gasteiger partial charge in [-0.2, -0.15) is 4.31 Å². The molecule has 4 heterocycles. The van der Waals surface area contributed by atoms with Crippen LogP contribution in [0.25, 0.3) is 11.2 Å². The van der Waals surface area contributed by atoms with Crippen LogP contribution in [0.1, 0.15) is 32.4 Å².